The molecule has 138 valence electrons. The van der Waals surface area contributed by atoms with Crippen molar-refractivity contribution < 1.29 is 0 Å². The predicted octanol–water partition coefficient (Wildman–Crippen LogP) is 7.66. The van der Waals surface area contributed by atoms with Crippen LogP contribution in [0.2, 0.25) is 0 Å². The minimum atomic E-state index is -0.662. The van der Waals surface area contributed by atoms with E-state index in [0.717, 1.165) is 16.7 Å². The fourth-order valence-electron chi connectivity index (χ4n) is 4.43. The Bertz CT molecular complexity index is 789. The van der Waals surface area contributed by atoms with Gasteiger partial charge in [0.15, 0.2) is 0 Å². The highest BCUT2D eigenvalue weighted by atomic mass is 35.5. The van der Waals surface area contributed by atoms with Gasteiger partial charge in [0.2, 0.25) is 0 Å². The van der Waals surface area contributed by atoms with Crippen LogP contribution in [0.15, 0.2) is 84.9 Å². The zero-order valence-electron chi connectivity index (χ0n) is 15.8. The molecule has 0 radical (unpaired) electrons. The normalized spacial score (nSPS) is 16.0. The molecule has 3 aromatic carbocycles. The average Bonchev–Trinajstić information content (AvgIpc) is 3.04. The Labute approximate surface area is 168 Å². The molecule has 0 amide bonds. The highest BCUT2D eigenvalue weighted by molar-refractivity contribution is 6.28. The van der Waals surface area contributed by atoms with E-state index in [4.69, 9.17) is 11.6 Å². The van der Waals surface area contributed by atoms with Gasteiger partial charge in [0.05, 0.1) is 0 Å². The zero-order valence-corrected chi connectivity index (χ0v) is 16.5. The molecule has 0 aliphatic heterocycles. The van der Waals surface area contributed by atoms with Gasteiger partial charge in [0, 0.05) is 0 Å². The van der Waals surface area contributed by atoms with Gasteiger partial charge >= 0.3 is 0 Å². The average molecular weight is 375 g/mol. The molecule has 3 aromatic rings. The number of benzene rings is 3. The highest BCUT2D eigenvalue weighted by Crippen LogP contribution is 2.43. The van der Waals surface area contributed by atoms with E-state index in [2.05, 4.69) is 72.8 Å². The Kier molecular flexibility index (Phi) is 5.64. The number of rotatable bonds is 4. The van der Waals surface area contributed by atoms with Gasteiger partial charge in [-0.15, -0.1) is 11.6 Å². The van der Waals surface area contributed by atoms with E-state index in [1.165, 1.54) is 44.1 Å². The molecule has 0 saturated heterocycles. The van der Waals surface area contributed by atoms with E-state index in [-0.39, 0.29) is 0 Å². The topological polar surface area (TPSA) is 0 Å². The quantitative estimate of drug-likeness (QED) is 0.250. The molecule has 0 atom stereocenters. The molecule has 27 heavy (non-hydrogen) atoms. The first kappa shape index (κ1) is 18.3. The first-order valence-corrected chi connectivity index (χ1v) is 10.6. The third kappa shape index (κ3) is 3.82. The zero-order chi connectivity index (χ0) is 18.5. The van der Waals surface area contributed by atoms with Gasteiger partial charge in [-0.2, -0.15) is 0 Å². The van der Waals surface area contributed by atoms with Gasteiger partial charge in [0.1, 0.15) is 4.87 Å². The smallest absolute Gasteiger partial charge is 0.104 e. The monoisotopic (exact) mass is 374 g/mol. The molecule has 4 rings (SSSR count). The summed E-state index contributed by atoms with van der Waals surface area (Å²) < 4.78 is 0. The van der Waals surface area contributed by atoms with E-state index in [1.54, 1.807) is 0 Å². The van der Waals surface area contributed by atoms with E-state index in [1.807, 2.05) is 12.1 Å². The molecule has 0 aromatic heterocycles. The van der Waals surface area contributed by atoms with E-state index in [9.17, 15) is 0 Å². The summed E-state index contributed by atoms with van der Waals surface area (Å²) in [6, 6.07) is 30.0. The van der Waals surface area contributed by atoms with Crippen LogP contribution >= 0.6 is 11.6 Å². The first-order valence-electron chi connectivity index (χ1n) is 10.2. The van der Waals surface area contributed by atoms with Crippen LogP contribution in [0.4, 0.5) is 0 Å². The van der Waals surface area contributed by atoms with Gasteiger partial charge in [-0.3, -0.25) is 0 Å². The molecule has 0 unspecified atom stereocenters. The summed E-state index contributed by atoms with van der Waals surface area (Å²) in [5.41, 5.74) is 4.83. The molecule has 0 spiro atoms. The van der Waals surface area contributed by atoms with Crippen LogP contribution in [0, 0.1) is 0 Å². The number of hydrogen-bond acceptors (Lipinski definition) is 0. The Morgan fingerprint density at radius 2 is 1.00 bits per heavy atom. The summed E-state index contributed by atoms with van der Waals surface area (Å²) in [4.78, 5) is -0.662. The second kappa shape index (κ2) is 8.31. The minimum absolute atomic E-state index is 0.662. The predicted molar refractivity (Wildman–Crippen MR) is 116 cm³/mol. The van der Waals surface area contributed by atoms with Crippen molar-refractivity contribution in [3.8, 4) is 0 Å². The van der Waals surface area contributed by atoms with Crippen LogP contribution in [-0.2, 0) is 4.87 Å². The Morgan fingerprint density at radius 3 is 1.48 bits per heavy atom. The second-order valence-corrected chi connectivity index (χ2v) is 8.27. The molecule has 1 fully saturated rings. The molecule has 0 N–H and O–H groups in total. The number of alkyl halides is 1. The molecule has 0 heterocycles. The highest BCUT2D eigenvalue weighted by Gasteiger charge is 2.33. The maximum atomic E-state index is 7.38. The minimum Gasteiger partial charge on any atom is -0.104 e. The maximum Gasteiger partial charge on any atom is 0.119 e. The lowest BCUT2D eigenvalue weighted by molar-refractivity contribution is 0.592. The van der Waals surface area contributed by atoms with Crippen molar-refractivity contribution in [2.45, 2.75) is 49.3 Å². The van der Waals surface area contributed by atoms with Crippen LogP contribution in [0.1, 0.15) is 66.7 Å². The molecular formula is C26H27Cl. The summed E-state index contributed by atoms with van der Waals surface area (Å²) in [7, 11) is 0. The summed E-state index contributed by atoms with van der Waals surface area (Å²) in [5.74, 6) is 0.708. The van der Waals surface area contributed by atoms with Crippen molar-refractivity contribution in [2.24, 2.45) is 0 Å². The van der Waals surface area contributed by atoms with Crippen LogP contribution in [-0.4, -0.2) is 0 Å². The Hall–Kier alpha value is -2.05. The van der Waals surface area contributed by atoms with Gasteiger partial charge < -0.3 is 0 Å². The maximum absolute atomic E-state index is 7.38. The summed E-state index contributed by atoms with van der Waals surface area (Å²) in [6.07, 6.45) is 8.15. The molecule has 0 nitrogen and oxygen atoms in total. The lowest BCUT2D eigenvalue weighted by Gasteiger charge is -2.29. The third-order valence-corrected chi connectivity index (χ3v) is 6.63. The van der Waals surface area contributed by atoms with Gasteiger partial charge in [0.25, 0.3) is 0 Å². The van der Waals surface area contributed by atoms with Crippen LogP contribution < -0.4 is 0 Å². The number of hydrogen-bond donors (Lipinski definition) is 0. The Balaban J connectivity index is 1.73. The fourth-order valence-corrected chi connectivity index (χ4v) is 4.81. The van der Waals surface area contributed by atoms with E-state index >= 15 is 0 Å². The molecule has 1 heteroatoms. The summed E-state index contributed by atoms with van der Waals surface area (Å²) >= 11 is 7.38. The molecule has 0 bridgehead atoms. The van der Waals surface area contributed by atoms with Gasteiger partial charge in [-0.25, -0.2) is 0 Å². The van der Waals surface area contributed by atoms with Gasteiger partial charge in [-0.1, -0.05) is 111 Å². The molecular weight excluding hydrogens is 348 g/mol. The second-order valence-electron chi connectivity index (χ2n) is 7.70. The lowest BCUT2D eigenvalue weighted by Crippen LogP contribution is -2.22. The van der Waals surface area contributed by atoms with Crippen molar-refractivity contribution in [3.63, 3.8) is 0 Å². The van der Waals surface area contributed by atoms with Crippen molar-refractivity contribution in [1.29, 1.82) is 0 Å². The summed E-state index contributed by atoms with van der Waals surface area (Å²) in [5, 5.41) is 0. The molecule has 1 aliphatic carbocycles. The standard InChI is InChI=1S/C26H27Cl/c27-26(23-13-7-3-8-14-23,24-15-9-4-10-16-24)25-19-17-22(18-20-25)21-11-5-1-2-6-12-21/h3-4,7-10,13-21H,1-2,5-6,11-12H2. The molecule has 1 saturated carbocycles. The SMILES string of the molecule is ClC(c1ccccc1)(c1ccccc1)c1ccc(C2CCCCCC2)cc1. The Morgan fingerprint density at radius 1 is 0.556 bits per heavy atom. The van der Waals surface area contributed by atoms with Crippen LogP contribution in [0.25, 0.3) is 0 Å². The first-order chi connectivity index (χ1) is 13.3. The van der Waals surface area contributed by atoms with E-state index in [0.29, 0.717) is 5.92 Å². The largest absolute Gasteiger partial charge is 0.119 e. The van der Waals surface area contributed by atoms with Gasteiger partial charge in [-0.05, 0) is 41.0 Å². The van der Waals surface area contributed by atoms with Crippen molar-refractivity contribution in [1.82, 2.24) is 0 Å². The number of halogens is 1. The van der Waals surface area contributed by atoms with Crippen molar-refractivity contribution in [2.75, 3.05) is 0 Å². The van der Waals surface area contributed by atoms with Crippen molar-refractivity contribution in [3.05, 3.63) is 107 Å². The van der Waals surface area contributed by atoms with Crippen LogP contribution in [0.3, 0.4) is 0 Å². The van der Waals surface area contributed by atoms with Crippen LogP contribution in [0.5, 0.6) is 0 Å². The van der Waals surface area contributed by atoms with Crippen molar-refractivity contribution >= 4 is 11.6 Å². The molecule has 1 aliphatic rings. The van der Waals surface area contributed by atoms with E-state index < -0.39 is 4.87 Å². The lowest BCUT2D eigenvalue weighted by atomic mass is 9.82. The third-order valence-electron chi connectivity index (χ3n) is 5.98. The summed E-state index contributed by atoms with van der Waals surface area (Å²) in [6.45, 7) is 0. The fraction of sp³-hybridized carbons (Fsp3) is 0.308.